The molecule has 3 atom stereocenters. The van der Waals surface area contributed by atoms with Crippen LogP contribution in [0.3, 0.4) is 0 Å². The molecule has 2 heterocycles. The number of hydrogen-bond donors (Lipinski definition) is 0. The van der Waals surface area contributed by atoms with Gasteiger partial charge in [-0.05, 0) is 17.7 Å². The predicted octanol–water partition coefficient (Wildman–Crippen LogP) is 2.47. The van der Waals surface area contributed by atoms with Crippen LogP contribution >= 0.6 is 0 Å². The average Bonchev–Trinajstić information content (AvgIpc) is 2.88. The molecule has 106 valence electrons. The summed E-state index contributed by atoms with van der Waals surface area (Å²) in [6.07, 6.45) is 3.60. The number of hydrogen-bond acceptors (Lipinski definition) is 4. The largest absolute Gasteiger partial charge is 0.485 e. The molecule has 4 nitrogen and oxygen atoms in total. The summed E-state index contributed by atoms with van der Waals surface area (Å²) in [7, 11) is 0. The van der Waals surface area contributed by atoms with E-state index in [0.29, 0.717) is 17.8 Å². The number of carbonyl (C=O) groups is 2. The van der Waals surface area contributed by atoms with Gasteiger partial charge in [0.25, 0.3) is 0 Å². The Kier molecular flexibility index (Phi) is 2.70. The number of Topliss-reactive ketones (excluding diaryl/α,β-unsaturated/α-hetero) is 1. The van der Waals surface area contributed by atoms with Crippen LogP contribution in [0.25, 0.3) is 0 Å². The molecule has 1 aromatic carbocycles. The second-order valence-electron chi connectivity index (χ2n) is 5.55. The van der Waals surface area contributed by atoms with Crippen LogP contribution in [0.1, 0.15) is 24.5 Å². The SMILES string of the molecule is O=C1C[C@@H]2C3=C(C=C[C@@H]2O1)O[C@H](c1ccccc1)CC3=O. The van der Waals surface area contributed by atoms with Crippen molar-refractivity contribution in [3.63, 3.8) is 0 Å². The highest BCUT2D eigenvalue weighted by atomic mass is 16.6. The maximum Gasteiger partial charge on any atom is 0.307 e. The summed E-state index contributed by atoms with van der Waals surface area (Å²) in [5.74, 6) is 0.227. The van der Waals surface area contributed by atoms with Crippen LogP contribution in [0.5, 0.6) is 0 Å². The molecule has 1 aromatic rings. The van der Waals surface area contributed by atoms with Crippen LogP contribution in [-0.4, -0.2) is 17.9 Å². The highest BCUT2D eigenvalue weighted by Gasteiger charge is 2.44. The number of esters is 1. The lowest BCUT2D eigenvalue weighted by molar-refractivity contribution is -0.140. The summed E-state index contributed by atoms with van der Waals surface area (Å²) in [5.41, 5.74) is 1.62. The van der Waals surface area contributed by atoms with Gasteiger partial charge in [-0.2, -0.15) is 0 Å². The Hall–Kier alpha value is -2.36. The average molecular weight is 282 g/mol. The molecule has 3 aliphatic rings. The first-order valence-corrected chi connectivity index (χ1v) is 7.09. The molecular formula is C17H14O4. The van der Waals surface area contributed by atoms with Gasteiger partial charge in [-0.1, -0.05) is 30.3 Å². The van der Waals surface area contributed by atoms with Gasteiger partial charge in [0.1, 0.15) is 18.0 Å². The Labute approximate surface area is 122 Å². The van der Waals surface area contributed by atoms with Crippen LogP contribution in [0.4, 0.5) is 0 Å². The van der Waals surface area contributed by atoms with Crippen molar-refractivity contribution < 1.29 is 19.1 Å². The Morgan fingerprint density at radius 2 is 1.81 bits per heavy atom. The molecule has 0 amide bonds. The molecule has 0 unspecified atom stereocenters. The molecule has 0 N–H and O–H groups in total. The van der Waals surface area contributed by atoms with E-state index in [1.807, 2.05) is 36.4 Å². The standard InChI is InChI=1S/C17H14O4/c18-12-9-15(10-4-2-1-3-5-10)20-14-7-6-13-11(17(12)14)8-16(19)21-13/h1-7,11,13,15H,8-9H2/t11-,13-,15-/m0/s1. The summed E-state index contributed by atoms with van der Waals surface area (Å²) in [6, 6.07) is 9.72. The van der Waals surface area contributed by atoms with Crippen molar-refractivity contribution in [2.24, 2.45) is 5.92 Å². The summed E-state index contributed by atoms with van der Waals surface area (Å²) in [6.45, 7) is 0. The van der Waals surface area contributed by atoms with E-state index in [4.69, 9.17) is 9.47 Å². The zero-order valence-corrected chi connectivity index (χ0v) is 11.3. The number of allylic oxidation sites excluding steroid dienone is 1. The van der Waals surface area contributed by atoms with Crippen molar-refractivity contribution in [1.82, 2.24) is 0 Å². The summed E-state index contributed by atoms with van der Waals surface area (Å²) >= 11 is 0. The van der Waals surface area contributed by atoms with Gasteiger partial charge in [0, 0.05) is 11.5 Å². The molecule has 0 aromatic heterocycles. The molecule has 4 rings (SSSR count). The van der Waals surface area contributed by atoms with Crippen LogP contribution in [0, 0.1) is 5.92 Å². The monoisotopic (exact) mass is 282 g/mol. The molecule has 1 saturated heterocycles. The molecule has 2 aliphatic heterocycles. The van der Waals surface area contributed by atoms with E-state index in [1.165, 1.54) is 0 Å². The van der Waals surface area contributed by atoms with E-state index in [0.717, 1.165) is 5.56 Å². The van der Waals surface area contributed by atoms with Gasteiger partial charge in [0.2, 0.25) is 0 Å². The van der Waals surface area contributed by atoms with E-state index in [2.05, 4.69) is 0 Å². The Balaban J connectivity index is 1.68. The smallest absolute Gasteiger partial charge is 0.307 e. The third-order valence-electron chi connectivity index (χ3n) is 4.24. The first-order valence-electron chi connectivity index (χ1n) is 7.09. The van der Waals surface area contributed by atoms with Crippen molar-refractivity contribution in [2.45, 2.75) is 25.0 Å². The van der Waals surface area contributed by atoms with Crippen LogP contribution < -0.4 is 0 Å². The van der Waals surface area contributed by atoms with Crippen molar-refractivity contribution in [3.05, 3.63) is 59.4 Å². The second kappa shape index (κ2) is 4.58. The summed E-state index contributed by atoms with van der Waals surface area (Å²) in [4.78, 5) is 24.0. The minimum absolute atomic E-state index is 0.0581. The van der Waals surface area contributed by atoms with Crippen LogP contribution in [0.15, 0.2) is 53.8 Å². The van der Waals surface area contributed by atoms with Crippen LogP contribution in [-0.2, 0) is 19.1 Å². The minimum Gasteiger partial charge on any atom is -0.485 e. The van der Waals surface area contributed by atoms with Gasteiger partial charge in [-0.25, -0.2) is 0 Å². The molecule has 0 spiro atoms. The minimum atomic E-state index is -0.308. The zero-order chi connectivity index (χ0) is 14.4. The fourth-order valence-corrected chi connectivity index (χ4v) is 3.25. The number of carbonyl (C=O) groups excluding carboxylic acids is 2. The second-order valence-corrected chi connectivity index (χ2v) is 5.55. The molecule has 0 radical (unpaired) electrons. The third kappa shape index (κ3) is 1.98. The van der Waals surface area contributed by atoms with Gasteiger partial charge in [0.15, 0.2) is 5.78 Å². The van der Waals surface area contributed by atoms with Crippen molar-refractivity contribution >= 4 is 11.8 Å². The number of benzene rings is 1. The van der Waals surface area contributed by atoms with Crippen molar-refractivity contribution in [3.8, 4) is 0 Å². The lowest BCUT2D eigenvalue weighted by Gasteiger charge is -2.32. The number of fused-ring (bicyclic) bond motifs is 2. The lowest BCUT2D eigenvalue weighted by Crippen LogP contribution is -2.30. The van der Waals surface area contributed by atoms with Crippen molar-refractivity contribution in [2.75, 3.05) is 0 Å². The van der Waals surface area contributed by atoms with Gasteiger partial charge in [-0.15, -0.1) is 0 Å². The highest BCUT2D eigenvalue weighted by molar-refractivity contribution is 5.99. The number of ether oxygens (including phenoxy) is 2. The van der Waals surface area contributed by atoms with Gasteiger partial charge >= 0.3 is 5.97 Å². The van der Waals surface area contributed by atoms with E-state index >= 15 is 0 Å². The normalized spacial score (nSPS) is 30.6. The van der Waals surface area contributed by atoms with Gasteiger partial charge in [-0.3, -0.25) is 9.59 Å². The first kappa shape index (κ1) is 12.4. The third-order valence-corrected chi connectivity index (χ3v) is 4.24. The number of rotatable bonds is 1. The Bertz CT molecular complexity index is 671. The Morgan fingerprint density at radius 1 is 1.00 bits per heavy atom. The molecular weight excluding hydrogens is 268 g/mol. The molecule has 1 fully saturated rings. The Morgan fingerprint density at radius 3 is 2.62 bits per heavy atom. The predicted molar refractivity (Wildman–Crippen MR) is 74.0 cm³/mol. The van der Waals surface area contributed by atoms with Gasteiger partial charge < -0.3 is 9.47 Å². The summed E-state index contributed by atoms with van der Waals surface area (Å²) in [5, 5.41) is 0. The van der Waals surface area contributed by atoms with E-state index in [1.54, 1.807) is 6.08 Å². The molecule has 0 bridgehead atoms. The topological polar surface area (TPSA) is 52.6 Å². The summed E-state index contributed by atoms with van der Waals surface area (Å²) < 4.78 is 11.2. The zero-order valence-electron chi connectivity index (χ0n) is 11.3. The fraction of sp³-hybridized carbons (Fsp3) is 0.294. The number of ketones is 1. The molecule has 1 aliphatic carbocycles. The molecule has 0 saturated carbocycles. The van der Waals surface area contributed by atoms with E-state index in [-0.39, 0.29) is 36.3 Å². The van der Waals surface area contributed by atoms with Gasteiger partial charge in [0.05, 0.1) is 12.8 Å². The van der Waals surface area contributed by atoms with Crippen LogP contribution in [0.2, 0.25) is 0 Å². The fourth-order valence-electron chi connectivity index (χ4n) is 3.25. The lowest BCUT2D eigenvalue weighted by atomic mass is 9.81. The maximum atomic E-state index is 12.5. The van der Waals surface area contributed by atoms with Crippen molar-refractivity contribution in [1.29, 1.82) is 0 Å². The van der Waals surface area contributed by atoms with E-state index < -0.39 is 0 Å². The molecule has 21 heavy (non-hydrogen) atoms. The maximum absolute atomic E-state index is 12.5. The molecule has 4 heteroatoms. The first-order chi connectivity index (χ1) is 10.2. The highest BCUT2D eigenvalue weighted by Crippen LogP contribution is 2.42. The quantitative estimate of drug-likeness (QED) is 0.742. The van der Waals surface area contributed by atoms with E-state index in [9.17, 15) is 9.59 Å².